The number of anilines is 1. The molecule has 188 valence electrons. The van der Waals surface area contributed by atoms with Crippen molar-refractivity contribution in [1.82, 2.24) is 5.32 Å². The number of benzene rings is 2. The number of nitrogens with zero attached hydrogens (tertiary/aromatic N) is 1. The maximum Gasteiger partial charge on any atom is 0.341 e. The van der Waals surface area contributed by atoms with Crippen LogP contribution in [0.4, 0.5) is 10.7 Å². The number of carbonyl (C=O) groups is 2. The molecule has 9 nitrogen and oxygen atoms in total. The predicted octanol–water partition coefficient (Wildman–Crippen LogP) is 5.83. The molecule has 0 radical (unpaired) electrons. The van der Waals surface area contributed by atoms with Crippen LogP contribution in [0.5, 0.6) is 5.75 Å². The maximum absolute atomic E-state index is 12.7. The van der Waals surface area contributed by atoms with Crippen LogP contribution in [0.1, 0.15) is 30.1 Å². The molecule has 2 aromatic carbocycles. The molecule has 3 aromatic rings. The molecule has 0 unspecified atom stereocenters. The van der Waals surface area contributed by atoms with Crippen molar-refractivity contribution >= 4 is 62.8 Å². The van der Waals surface area contributed by atoms with Gasteiger partial charge in [-0.25, -0.2) is 4.79 Å². The van der Waals surface area contributed by atoms with Crippen molar-refractivity contribution in [2.45, 2.75) is 19.8 Å². The highest BCUT2D eigenvalue weighted by atomic mass is 35.5. The van der Waals surface area contributed by atoms with E-state index >= 15 is 0 Å². The Bertz CT molecular complexity index is 1260. The lowest BCUT2D eigenvalue weighted by Gasteiger charge is -2.11. The number of nitro groups is 1. The van der Waals surface area contributed by atoms with E-state index in [0.29, 0.717) is 39.9 Å². The van der Waals surface area contributed by atoms with E-state index in [9.17, 15) is 19.7 Å². The summed E-state index contributed by atoms with van der Waals surface area (Å²) in [5, 5.41) is 19.3. The van der Waals surface area contributed by atoms with Gasteiger partial charge in [0, 0.05) is 34.5 Å². The number of halogens is 1. The lowest BCUT2D eigenvalue weighted by molar-refractivity contribution is -0.384. The van der Waals surface area contributed by atoms with Crippen LogP contribution in [0.15, 0.2) is 53.9 Å². The molecule has 0 bridgehead atoms. The van der Waals surface area contributed by atoms with Gasteiger partial charge in [0.15, 0.2) is 5.11 Å². The second-order valence-corrected chi connectivity index (χ2v) is 9.01. The Morgan fingerprint density at radius 2 is 1.94 bits per heavy atom. The first kappa shape index (κ1) is 27.1. The minimum atomic E-state index is -0.615. The van der Waals surface area contributed by atoms with Gasteiger partial charge in [0.1, 0.15) is 16.3 Å². The van der Waals surface area contributed by atoms with Crippen molar-refractivity contribution in [1.29, 1.82) is 0 Å². The number of carbonyl (C=O) groups excluding carboxylic acids is 2. The Kier molecular flexibility index (Phi) is 9.74. The highest BCUT2D eigenvalue weighted by molar-refractivity contribution is 7.80. The molecule has 0 aliphatic carbocycles. The van der Waals surface area contributed by atoms with Gasteiger partial charge in [-0.05, 0) is 55.4 Å². The van der Waals surface area contributed by atoms with Crippen molar-refractivity contribution < 1.29 is 24.0 Å². The number of esters is 1. The fourth-order valence-corrected chi connectivity index (χ4v) is 4.50. The van der Waals surface area contributed by atoms with Gasteiger partial charge in [-0.1, -0.05) is 23.7 Å². The number of thiophene rings is 1. The van der Waals surface area contributed by atoms with Crippen molar-refractivity contribution in [2.24, 2.45) is 0 Å². The predicted molar refractivity (Wildman–Crippen MR) is 143 cm³/mol. The van der Waals surface area contributed by atoms with Crippen molar-refractivity contribution in [3.63, 3.8) is 0 Å². The first-order valence-corrected chi connectivity index (χ1v) is 12.5. The Morgan fingerprint density at radius 1 is 1.19 bits per heavy atom. The standard InChI is InChI=1S/C24H22ClN3O6S2/c1-2-33-23(30)21-19(15-5-3-6-17(13-15)28(31)32)14-36-22(21)27-24(35)26-20(29)7-4-12-34-18-10-8-16(25)9-11-18/h3,5-6,8-11,13-14H,2,4,7,12H2,1H3,(H2,26,27,29,35). The van der Waals surface area contributed by atoms with E-state index in [-0.39, 0.29) is 35.3 Å². The van der Waals surface area contributed by atoms with E-state index in [2.05, 4.69) is 10.6 Å². The second kappa shape index (κ2) is 13.0. The lowest BCUT2D eigenvalue weighted by Crippen LogP contribution is -2.34. The van der Waals surface area contributed by atoms with Crippen LogP contribution < -0.4 is 15.4 Å². The van der Waals surface area contributed by atoms with E-state index in [1.165, 1.54) is 18.2 Å². The van der Waals surface area contributed by atoms with Gasteiger partial charge in [-0.2, -0.15) is 0 Å². The van der Waals surface area contributed by atoms with Crippen LogP contribution in [-0.4, -0.2) is 35.1 Å². The van der Waals surface area contributed by atoms with Gasteiger partial charge in [0.05, 0.1) is 18.1 Å². The van der Waals surface area contributed by atoms with Gasteiger partial charge in [-0.15, -0.1) is 11.3 Å². The summed E-state index contributed by atoms with van der Waals surface area (Å²) < 4.78 is 10.7. The van der Waals surface area contributed by atoms with E-state index < -0.39 is 10.9 Å². The van der Waals surface area contributed by atoms with Crippen LogP contribution in [0.25, 0.3) is 11.1 Å². The molecule has 36 heavy (non-hydrogen) atoms. The number of ether oxygens (including phenoxy) is 2. The largest absolute Gasteiger partial charge is 0.494 e. The Morgan fingerprint density at radius 3 is 2.64 bits per heavy atom. The summed E-state index contributed by atoms with van der Waals surface area (Å²) in [6.07, 6.45) is 0.630. The zero-order valence-corrected chi connectivity index (χ0v) is 21.5. The highest BCUT2D eigenvalue weighted by Gasteiger charge is 2.23. The quantitative estimate of drug-likeness (QED) is 0.107. The van der Waals surface area contributed by atoms with Crippen LogP contribution in [-0.2, 0) is 9.53 Å². The van der Waals surface area contributed by atoms with E-state index in [1.807, 2.05) is 0 Å². The number of nitro benzene ring substituents is 1. The Labute approximate surface area is 221 Å². The molecule has 1 aromatic heterocycles. The molecule has 0 spiro atoms. The summed E-state index contributed by atoms with van der Waals surface area (Å²) in [6.45, 7) is 2.15. The molecule has 0 saturated carbocycles. The zero-order valence-electron chi connectivity index (χ0n) is 19.1. The molecule has 3 rings (SSSR count). The van der Waals surface area contributed by atoms with Gasteiger partial charge >= 0.3 is 5.97 Å². The normalized spacial score (nSPS) is 10.4. The number of hydrogen-bond acceptors (Lipinski definition) is 8. The number of rotatable bonds is 10. The minimum Gasteiger partial charge on any atom is -0.494 e. The first-order chi connectivity index (χ1) is 17.3. The van der Waals surface area contributed by atoms with E-state index in [1.54, 1.807) is 42.6 Å². The molecule has 0 atom stereocenters. The third kappa shape index (κ3) is 7.48. The minimum absolute atomic E-state index is 0.0108. The lowest BCUT2D eigenvalue weighted by atomic mass is 10.0. The molecule has 1 amide bonds. The van der Waals surface area contributed by atoms with Gasteiger partial charge < -0.3 is 20.1 Å². The van der Waals surface area contributed by atoms with E-state index in [0.717, 1.165) is 11.3 Å². The summed E-state index contributed by atoms with van der Waals surface area (Å²) in [4.78, 5) is 35.7. The molecule has 12 heteroatoms. The molecule has 0 aliphatic heterocycles. The Hall–Kier alpha value is -3.54. The zero-order chi connectivity index (χ0) is 26.1. The molecule has 1 heterocycles. The molecule has 0 aliphatic rings. The Balaban J connectivity index is 1.63. The second-order valence-electron chi connectivity index (χ2n) is 7.29. The summed E-state index contributed by atoms with van der Waals surface area (Å²) in [5.41, 5.74) is 1.01. The monoisotopic (exact) mass is 547 g/mol. The molecular weight excluding hydrogens is 526 g/mol. The SMILES string of the molecule is CCOC(=O)c1c(-c2cccc([N+](=O)[O-])c2)csc1NC(=S)NC(=O)CCCOc1ccc(Cl)cc1. The van der Waals surface area contributed by atoms with Gasteiger partial charge in [-0.3, -0.25) is 14.9 Å². The smallest absolute Gasteiger partial charge is 0.341 e. The van der Waals surface area contributed by atoms with E-state index in [4.69, 9.17) is 33.3 Å². The number of hydrogen-bond donors (Lipinski definition) is 2. The average Bonchev–Trinajstić information content (AvgIpc) is 3.26. The maximum atomic E-state index is 12.7. The first-order valence-electron chi connectivity index (χ1n) is 10.8. The van der Waals surface area contributed by atoms with Crippen LogP contribution in [0.2, 0.25) is 5.02 Å². The topological polar surface area (TPSA) is 120 Å². The van der Waals surface area contributed by atoms with Gasteiger partial charge in [0.25, 0.3) is 5.69 Å². The molecule has 0 fully saturated rings. The number of nitrogens with one attached hydrogen (secondary N) is 2. The summed E-state index contributed by atoms with van der Waals surface area (Å²) in [7, 11) is 0. The van der Waals surface area contributed by atoms with Crippen LogP contribution in [0, 0.1) is 10.1 Å². The number of thiocarbonyl (C=S) groups is 1. The van der Waals surface area contributed by atoms with Crippen molar-refractivity contribution in [3.05, 3.63) is 74.6 Å². The fourth-order valence-electron chi connectivity index (χ4n) is 3.13. The average molecular weight is 548 g/mol. The van der Waals surface area contributed by atoms with Crippen LogP contribution >= 0.6 is 35.2 Å². The molecule has 2 N–H and O–H groups in total. The third-order valence-electron chi connectivity index (χ3n) is 4.75. The van der Waals surface area contributed by atoms with Gasteiger partial charge in [0.2, 0.25) is 5.91 Å². The summed E-state index contributed by atoms with van der Waals surface area (Å²) >= 11 is 12.3. The fraction of sp³-hybridized carbons (Fsp3) is 0.208. The molecule has 0 saturated heterocycles. The molecular formula is C24H22ClN3O6S2. The number of amides is 1. The highest BCUT2D eigenvalue weighted by Crippen LogP contribution is 2.37. The van der Waals surface area contributed by atoms with Crippen molar-refractivity contribution in [2.75, 3.05) is 18.5 Å². The third-order valence-corrected chi connectivity index (χ3v) is 6.10. The van der Waals surface area contributed by atoms with Crippen LogP contribution in [0.3, 0.4) is 0 Å². The number of non-ortho nitro benzene ring substituents is 1. The summed E-state index contributed by atoms with van der Waals surface area (Å²) in [5.74, 6) is -0.280. The van der Waals surface area contributed by atoms with Crippen molar-refractivity contribution in [3.8, 4) is 16.9 Å². The summed E-state index contributed by atoms with van der Waals surface area (Å²) in [6, 6.07) is 12.9.